The number of phenols is 2. The minimum absolute atomic E-state index is 0. The molecular weight excluding hydrogens is 568 g/mol. The van der Waals surface area contributed by atoms with Gasteiger partial charge in [0.05, 0.1) is 0 Å². The molecular formula is C16H16Cl2N2O4Pd2. The van der Waals surface area contributed by atoms with E-state index in [0.717, 1.165) is 0 Å². The molecule has 0 radical (unpaired) electrons. The van der Waals surface area contributed by atoms with Crippen LogP contribution < -0.4 is 24.8 Å². The largest absolute Gasteiger partial charge is 2.00 e. The SMILES string of the molecule is CC(=NO)c1[c-]cc(O)cc1.CC(=NO)c1[c-]cc(O)cc1.[Cl-].[Cl-].[Pd+2].[Pd+2]. The zero-order chi connectivity index (χ0) is 16.5. The van der Waals surface area contributed by atoms with Gasteiger partial charge in [0, 0.05) is 22.9 Å². The van der Waals surface area contributed by atoms with E-state index in [1.165, 1.54) is 24.3 Å². The number of rotatable bonds is 2. The molecule has 0 spiro atoms. The van der Waals surface area contributed by atoms with Crippen LogP contribution in [0.25, 0.3) is 0 Å². The number of oxime groups is 2. The van der Waals surface area contributed by atoms with Crippen LogP contribution in [-0.2, 0) is 40.8 Å². The molecule has 26 heavy (non-hydrogen) atoms. The molecule has 0 saturated heterocycles. The quantitative estimate of drug-likeness (QED) is 0.0982. The molecule has 2 aromatic carbocycles. The van der Waals surface area contributed by atoms with Crippen LogP contribution in [0.15, 0.2) is 46.7 Å². The molecule has 0 unspecified atom stereocenters. The number of phenolic OH excluding ortho intramolecular Hbond substituents is 2. The smallest absolute Gasteiger partial charge is 1.00 e. The summed E-state index contributed by atoms with van der Waals surface area (Å²) in [4.78, 5) is 0. The van der Waals surface area contributed by atoms with Crippen LogP contribution in [-0.4, -0.2) is 32.1 Å². The summed E-state index contributed by atoms with van der Waals surface area (Å²) in [7, 11) is 0. The van der Waals surface area contributed by atoms with E-state index in [0.29, 0.717) is 22.6 Å². The Bertz CT molecular complexity index is 607. The molecule has 0 bridgehead atoms. The molecule has 4 N–H and O–H groups in total. The van der Waals surface area contributed by atoms with E-state index >= 15 is 0 Å². The van der Waals surface area contributed by atoms with Crippen molar-refractivity contribution in [3.8, 4) is 11.5 Å². The maximum Gasteiger partial charge on any atom is 2.00 e. The Labute approximate surface area is 192 Å². The first-order valence-electron chi connectivity index (χ1n) is 6.27. The topological polar surface area (TPSA) is 106 Å². The second kappa shape index (κ2) is 17.3. The second-order valence-corrected chi connectivity index (χ2v) is 4.29. The summed E-state index contributed by atoms with van der Waals surface area (Å²) in [5.41, 5.74) is 2.30. The molecule has 0 aliphatic rings. The van der Waals surface area contributed by atoms with Crippen molar-refractivity contribution >= 4 is 11.4 Å². The van der Waals surface area contributed by atoms with E-state index in [1.807, 2.05) is 0 Å². The van der Waals surface area contributed by atoms with E-state index in [1.54, 1.807) is 26.0 Å². The molecule has 0 aromatic heterocycles. The third kappa shape index (κ3) is 11.5. The van der Waals surface area contributed by atoms with E-state index in [-0.39, 0.29) is 77.2 Å². The van der Waals surface area contributed by atoms with Crippen LogP contribution >= 0.6 is 0 Å². The summed E-state index contributed by atoms with van der Waals surface area (Å²) < 4.78 is 0. The summed E-state index contributed by atoms with van der Waals surface area (Å²) in [6.45, 7) is 3.31. The van der Waals surface area contributed by atoms with Crippen molar-refractivity contribution in [3.05, 3.63) is 59.7 Å². The molecule has 0 aliphatic heterocycles. The fourth-order valence-electron chi connectivity index (χ4n) is 1.39. The van der Waals surface area contributed by atoms with Crippen molar-refractivity contribution in [1.29, 1.82) is 0 Å². The Balaban J connectivity index is -0.000000161. The van der Waals surface area contributed by atoms with Crippen molar-refractivity contribution in [3.63, 3.8) is 0 Å². The van der Waals surface area contributed by atoms with Crippen LogP contribution in [0, 0.1) is 12.1 Å². The summed E-state index contributed by atoms with van der Waals surface area (Å²) in [5.74, 6) is 0.305. The predicted octanol–water partition coefficient (Wildman–Crippen LogP) is -3.22. The molecule has 10 heteroatoms. The Morgan fingerprint density at radius 1 is 0.731 bits per heavy atom. The van der Waals surface area contributed by atoms with E-state index in [2.05, 4.69) is 22.4 Å². The number of halogens is 2. The molecule has 2 rings (SSSR count). The van der Waals surface area contributed by atoms with Gasteiger partial charge in [0.1, 0.15) is 0 Å². The summed E-state index contributed by atoms with van der Waals surface area (Å²) >= 11 is 0. The Kier molecular flexibility index (Phi) is 21.7. The molecule has 6 nitrogen and oxygen atoms in total. The minimum atomic E-state index is 0. The first kappa shape index (κ1) is 32.5. The Morgan fingerprint density at radius 3 is 1.23 bits per heavy atom. The first-order valence-corrected chi connectivity index (χ1v) is 6.27. The second-order valence-electron chi connectivity index (χ2n) is 4.29. The third-order valence-corrected chi connectivity index (χ3v) is 2.67. The number of hydrogen-bond acceptors (Lipinski definition) is 6. The van der Waals surface area contributed by atoms with Gasteiger partial charge < -0.3 is 45.4 Å². The van der Waals surface area contributed by atoms with Crippen LogP contribution in [0.3, 0.4) is 0 Å². The summed E-state index contributed by atoms with van der Waals surface area (Å²) in [5, 5.41) is 40.5. The molecule has 0 amide bonds. The molecule has 0 aliphatic carbocycles. The molecule has 2 aromatic rings. The summed E-state index contributed by atoms with van der Waals surface area (Å²) in [6.07, 6.45) is 0. The zero-order valence-electron chi connectivity index (χ0n) is 13.5. The molecule has 0 fully saturated rings. The van der Waals surface area contributed by atoms with Crippen molar-refractivity contribution < 1.29 is 86.3 Å². The maximum absolute atomic E-state index is 8.88. The van der Waals surface area contributed by atoms with E-state index in [9.17, 15) is 0 Å². The Hall–Kier alpha value is -1.12. The van der Waals surface area contributed by atoms with Gasteiger partial charge in [-0.25, -0.2) is 0 Å². The summed E-state index contributed by atoms with van der Waals surface area (Å²) in [6, 6.07) is 14.6. The zero-order valence-corrected chi connectivity index (χ0v) is 18.2. The van der Waals surface area contributed by atoms with Crippen molar-refractivity contribution in [1.82, 2.24) is 0 Å². The van der Waals surface area contributed by atoms with Crippen molar-refractivity contribution in [2.75, 3.05) is 0 Å². The van der Waals surface area contributed by atoms with Gasteiger partial charge in [-0.1, -0.05) is 13.8 Å². The standard InChI is InChI=1S/2C8H8NO2.2ClH.2Pd/c2*1-6(9-11)7-2-4-8(10)5-3-7;;;;/h2*2,4-5,10-11H,1H3;2*1H;;/q2*-1;;;2*+2/p-2. The van der Waals surface area contributed by atoms with Crippen LogP contribution in [0.2, 0.25) is 0 Å². The van der Waals surface area contributed by atoms with Crippen LogP contribution in [0.1, 0.15) is 25.0 Å². The normalized spacial score (nSPS) is 9.77. The Morgan fingerprint density at radius 2 is 1.04 bits per heavy atom. The minimum Gasteiger partial charge on any atom is -1.00 e. The average Bonchev–Trinajstić information content (AvgIpc) is 2.55. The van der Waals surface area contributed by atoms with Gasteiger partial charge in [-0.05, 0) is 0 Å². The van der Waals surface area contributed by atoms with E-state index in [4.69, 9.17) is 20.6 Å². The van der Waals surface area contributed by atoms with Gasteiger partial charge in [0.25, 0.3) is 0 Å². The molecule has 0 saturated carbocycles. The van der Waals surface area contributed by atoms with Gasteiger partial charge in [-0.2, -0.15) is 0 Å². The predicted molar refractivity (Wildman–Crippen MR) is 81.9 cm³/mol. The van der Waals surface area contributed by atoms with Gasteiger partial charge in [-0.3, -0.25) is 0 Å². The van der Waals surface area contributed by atoms with Gasteiger partial charge in [-0.15, -0.1) is 70.0 Å². The average molecular weight is 584 g/mol. The molecule has 0 heterocycles. The maximum atomic E-state index is 8.88. The van der Waals surface area contributed by atoms with Crippen molar-refractivity contribution in [2.45, 2.75) is 13.8 Å². The van der Waals surface area contributed by atoms with Gasteiger partial charge in [0.2, 0.25) is 0 Å². The van der Waals surface area contributed by atoms with Gasteiger partial charge >= 0.3 is 40.8 Å². The fourth-order valence-corrected chi connectivity index (χ4v) is 1.39. The third-order valence-electron chi connectivity index (χ3n) is 2.67. The number of hydrogen-bond donors (Lipinski definition) is 4. The number of benzene rings is 2. The monoisotopic (exact) mass is 582 g/mol. The number of aromatic hydroxyl groups is 2. The van der Waals surface area contributed by atoms with Crippen LogP contribution in [0.4, 0.5) is 0 Å². The number of nitrogens with zero attached hydrogens (tertiary/aromatic N) is 2. The molecule has 148 valence electrons. The molecule has 0 atom stereocenters. The van der Waals surface area contributed by atoms with Crippen LogP contribution in [0.5, 0.6) is 11.5 Å². The first-order chi connectivity index (χ1) is 10.5. The van der Waals surface area contributed by atoms with Crippen molar-refractivity contribution in [2.24, 2.45) is 10.3 Å². The van der Waals surface area contributed by atoms with Gasteiger partial charge in [0.15, 0.2) is 0 Å². The van der Waals surface area contributed by atoms with E-state index < -0.39 is 0 Å². The fraction of sp³-hybridized carbons (Fsp3) is 0.125.